The van der Waals surface area contributed by atoms with Gasteiger partial charge in [0.25, 0.3) is 0 Å². The van der Waals surface area contributed by atoms with Crippen molar-refractivity contribution in [1.29, 1.82) is 0 Å². The maximum atomic E-state index is 5.45. The van der Waals surface area contributed by atoms with Gasteiger partial charge >= 0.3 is 0 Å². The first-order valence-electron chi connectivity index (χ1n) is 6.68. The molecule has 21 heavy (non-hydrogen) atoms. The van der Waals surface area contributed by atoms with Crippen molar-refractivity contribution in [3.05, 3.63) is 60.9 Å². The molecule has 0 unspecified atom stereocenters. The quantitative estimate of drug-likeness (QED) is 0.698. The monoisotopic (exact) mass is 280 g/mol. The third kappa shape index (κ3) is 2.63. The van der Waals surface area contributed by atoms with E-state index in [-0.39, 0.29) is 0 Å². The van der Waals surface area contributed by atoms with E-state index in [1.165, 1.54) is 0 Å². The minimum atomic E-state index is 0.780. The van der Waals surface area contributed by atoms with Crippen LogP contribution in [0.5, 0.6) is 11.5 Å². The van der Waals surface area contributed by atoms with Gasteiger partial charge in [-0.1, -0.05) is 24.3 Å². The van der Waals surface area contributed by atoms with Crippen LogP contribution in [0.15, 0.2) is 65.3 Å². The summed E-state index contributed by atoms with van der Waals surface area (Å²) in [5.74, 6) is 2.44. The summed E-state index contributed by atoms with van der Waals surface area (Å²) in [7, 11) is 3.31. The molecule has 3 aromatic rings. The molecule has 3 nitrogen and oxygen atoms in total. The molecule has 0 atom stereocenters. The molecule has 0 N–H and O–H groups in total. The van der Waals surface area contributed by atoms with Crippen LogP contribution in [0.4, 0.5) is 0 Å². The molecule has 1 heterocycles. The topological polar surface area (TPSA) is 31.6 Å². The van der Waals surface area contributed by atoms with Crippen molar-refractivity contribution in [1.82, 2.24) is 0 Å². The largest absolute Gasteiger partial charge is 0.497 e. The highest BCUT2D eigenvalue weighted by Gasteiger charge is 2.08. The van der Waals surface area contributed by atoms with Gasteiger partial charge in [-0.25, -0.2) is 0 Å². The van der Waals surface area contributed by atoms with E-state index in [0.717, 1.165) is 33.9 Å². The lowest BCUT2D eigenvalue weighted by atomic mass is 10.0. The fourth-order valence-corrected chi connectivity index (χ4v) is 2.29. The summed E-state index contributed by atoms with van der Waals surface area (Å²) in [5, 5.41) is 0. The third-order valence-electron chi connectivity index (χ3n) is 3.41. The second-order valence-electron chi connectivity index (χ2n) is 4.62. The maximum Gasteiger partial charge on any atom is 0.133 e. The molecule has 0 saturated heterocycles. The molecule has 0 aliphatic carbocycles. The molecular weight excluding hydrogens is 264 g/mol. The van der Waals surface area contributed by atoms with Crippen molar-refractivity contribution in [3.63, 3.8) is 0 Å². The Morgan fingerprint density at radius 2 is 1.57 bits per heavy atom. The first-order valence-corrected chi connectivity index (χ1v) is 6.68. The fourth-order valence-electron chi connectivity index (χ4n) is 2.29. The van der Waals surface area contributed by atoms with E-state index in [0.29, 0.717) is 0 Å². The zero-order valence-electron chi connectivity index (χ0n) is 12.0. The smallest absolute Gasteiger partial charge is 0.133 e. The number of ether oxygens (including phenoxy) is 2. The van der Waals surface area contributed by atoms with E-state index < -0.39 is 0 Å². The molecule has 0 aliphatic rings. The Balaban J connectivity index is 1.97. The average molecular weight is 280 g/mol. The Bertz CT molecular complexity index is 713. The Labute approximate surface area is 123 Å². The van der Waals surface area contributed by atoms with Crippen LogP contribution >= 0.6 is 0 Å². The van der Waals surface area contributed by atoms with E-state index in [2.05, 4.69) is 12.1 Å². The van der Waals surface area contributed by atoms with Crippen LogP contribution in [0.1, 0.15) is 0 Å². The SMILES string of the molecule is COc1ccc(-c2ccc(-c3ccco3)cc2)c(OC)c1. The van der Waals surface area contributed by atoms with Gasteiger partial charge in [-0.3, -0.25) is 0 Å². The van der Waals surface area contributed by atoms with Crippen molar-refractivity contribution in [2.45, 2.75) is 0 Å². The molecular formula is C18H16O3. The van der Waals surface area contributed by atoms with Gasteiger partial charge in [0.15, 0.2) is 0 Å². The number of hydrogen-bond donors (Lipinski definition) is 0. The number of hydrogen-bond acceptors (Lipinski definition) is 3. The van der Waals surface area contributed by atoms with Gasteiger partial charge in [0.1, 0.15) is 17.3 Å². The molecule has 106 valence electrons. The number of benzene rings is 2. The number of methoxy groups -OCH3 is 2. The van der Waals surface area contributed by atoms with Crippen LogP contribution < -0.4 is 9.47 Å². The van der Waals surface area contributed by atoms with Crippen molar-refractivity contribution < 1.29 is 13.9 Å². The maximum absolute atomic E-state index is 5.45. The molecule has 0 saturated carbocycles. The van der Waals surface area contributed by atoms with Crippen molar-refractivity contribution in [2.24, 2.45) is 0 Å². The number of rotatable bonds is 4. The van der Waals surface area contributed by atoms with Gasteiger partial charge in [0, 0.05) is 17.2 Å². The zero-order valence-corrected chi connectivity index (χ0v) is 12.0. The first-order chi connectivity index (χ1) is 10.3. The van der Waals surface area contributed by atoms with Crippen LogP contribution in [-0.2, 0) is 0 Å². The summed E-state index contributed by atoms with van der Waals surface area (Å²) in [6, 6.07) is 17.8. The third-order valence-corrected chi connectivity index (χ3v) is 3.41. The van der Waals surface area contributed by atoms with Crippen LogP contribution in [0.3, 0.4) is 0 Å². The molecule has 0 radical (unpaired) electrons. The molecule has 3 heteroatoms. The molecule has 0 spiro atoms. The highest BCUT2D eigenvalue weighted by atomic mass is 16.5. The summed E-state index contributed by atoms with van der Waals surface area (Å²) in [5.41, 5.74) is 3.17. The van der Waals surface area contributed by atoms with Crippen LogP contribution in [-0.4, -0.2) is 14.2 Å². The van der Waals surface area contributed by atoms with E-state index in [1.807, 2.05) is 42.5 Å². The fraction of sp³-hybridized carbons (Fsp3) is 0.111. The number of furan rings is 1. The lowest BCUT2D eigenvalue weighted by Crippen LogP contribution is -1.90. The van der Waals surface area contributed by atoms with E-state index in [9.17, 15) is 0 Å². The van der Waals surface area contributed by atoms with E-state index in [1.54, 1.807) is 20.5 Å². The Morgan fingerprint density at radius 1 is 0.810 bits per heavy atom. The molecule has 2 aromatic carbocycles. The summed E-state index contributed by atoms with van der Waals surface area (Å²) in [4.78, 5) is 0. The van der Waals surface area contributed by atoms with Crippen molar-refractivity contribution in [3.8, 4) is 33.9 Å². The average Bonchev–Trinajstić information content (AvgIpc) is 3.09. The van der Waals surface area contributed by atoms with Crippen molar-refractivity contribution in [2.75, 3.05) is 14.2 Å². The lowest BCUT2D eigenvalue weighted by molar-refractivity contribution is 0.395. The first kappa shape index (κ1) is 13.3. The zero-order chi connectivity index (χ0) is 14.7. The highest BCUT2D eigenvalue weighted by Crippen LogP contribution is 2.34. The minimum absolute atomic E-state index is 0.780. The van der Waals surface area contributed by atoms with Gasteiger partial charge in [0.05, 0.1) is 20.5 Å². The summed E-state index contributed by atoms with van der Waals surface area (Å²) >= 11 is 0. The van der Waals surface area contributed by atoms with Gasteiger partial charge in [-0.15, -0.1) is 0 Å². The molecule has 0 bridgehead atoms. The van der Waals surface area contributed by atoms with Gasteiger partial charge < -0.3 is 13.9 Å². The second kappa shape index (κ2) is 5.75. The Kier molecular flexibility index (Phi) is 3.65. The summed E-state index contributed by atoms with van der Waals surface area (Å²) in [6.45, 7) is 0. The van der Waals surface area contributed by atoms with Gasteiger partial charge in [-0.2, -0.15) is 0 Å². The lowest BCUT2D eigenvalue weighted by Gasteiger charge is -2.11. The highest BCUT2D eigenvalue weighted by molar-refractivity contribution is 5.73. The van der Waals surface area contributed by atoms with Gasteiger partial charge in [-0.05, 0) is 29.8 Å². The van der Waals surface area contributed by atoms with Crippen molar-refractivity contribution >= 4 is 0 Å². The molecule has 0 amide bonds. The predicted molar refractivity (Wildman–Crippen MR) is 82.7 cm³/mol. The van der Waals surface area contributed by atoms with E-state index >= 15 is 0 Å². The normalized spacial score (nSPS) is 10.4. The minimum Gasteiger partial charge on any atom is -0.497 e. The predicted octanol–water partition coefficient (Wildman–Crippen LogP) is 4.63. The van der Waals surface area contributed by atoms with Crippen LogP contribution in [0, 0.1) is 0 Å². The van der Waals surface area contributed by atoms with Crippen LogP contribution in [0.25, 0.3) is 22.5 Å². The molecule has 0 fully saturated rings. The second-order valence-corrected chi connectivity index (χ2v) is 4.62. The summed E-state index contributed by atoms with van der Waals surface area (Å²) in [6.07, 6.45) is 1.68. The molecule has 3 rings (SSSR count). The molecule has 0 aliphatic heterocycles. The summed E-state index contributed by atoms with van der Waals surface area (Å²) < 4.78 is 16.1. The standard InChI is InChI=1S/C18H16O3/c1-19-15-9-10-16(18(12-15)20-2)13-5-7-14(8-6-13)17-4-3-11-21-17/h3-12H,1-2H3. The Hall–Kier alpha value is -2.68. The van der Waals surface area contributed by atoms with Gasteiger partial charge in [0.2, 0.25) is 0 Å². The van der Waals surface area contributed by atoms with E-state index in [4.69, 9.17) is 13.9 Å². The molecule has 1 aromatic heterocycles. The van der Waals surface area contributed by atoms with Crippen LogP contribution in [0.2, 0.25) is 0 Å². The Morgan fingerprint density at radius 3 is 2.19 bits per heavy atom.